The van der Waals surface area contributed by atoms with Gasteiger partial charge >= 0.3 is 0 Å². The highest BCUT2D eigenvalue weighted by Gasteiger charge is 2.26. The maximum absolute atomic E-state index is 12.6. The number of anilines is 2. The van der Waals surface area contributed by atoms with Crippen LogP contribution in [0.3, 0.4) is 0 Å². The lowest BCUT2D eigenvalue weighted by molar-refractivity contribution is -0.117. The molecule has 7 nitrogen and oxygen atoms in total. The van der Waals surface area contributed by atoms with Gasteiger partial charge in [0.15, 0.2) is 0 Å². The molecule has 1 aromatic heterocycles. The fourth-order valence-corrected chi connectivity index (χ4v) is 3.11. The Morgan fingerprint density at radius 3 is 2.68 bits per heavy atom. The largest absolute Gasteiger partial charge is 0.381 e. The molecule has 0 radical (unpaired) electrons. The van der Waals surface area contributed by atoms with Crippen LogP contribution in [0.1, 0.15) is 27.3 Å². The van der Waals surface area contributed by atoms with Crippen molar-refractivity contribution in [2.24, 2.45) is 0 Å². The first-order valence-corrected chi connectivity index (χ1v) is 9.13. The smallest absolute Gasteiger partial charge is 0.272 e. The molecule has 0 saturated carbocycles. The van der Waals surface area contributed by atoms with Gasteiger partial charge < -0.3 is 16.0 Å². The summed E-state index contributed by atoms with van der Waals surface area (Å²) in [4.78, 5) is 25.0. The molecule has 0 fully saturated rings. The molecule has 2 amide bonds. The van der Waals surface area contributed by atoms with Gasteiger partial charge in [0.1, 0.15) is 11.7 Å². The Balaban J connectivity index is 1.41. The number of nitrogens with one attached hydrogen (secondary N) is 4. The predicted octanol–water partition coefficient (Wildman–Crippen LogP) is 2.47. The molecule has 3 aromatic rings. The topological polar surface area (TPSA) is 98.9 Å². The second kappa shape index (κ2) is 7.56. The van der Waals surface area contributed by atoms with Crippen LogP contribution in [0.4, 0.5) is 11.4 Å². The Bertz CT molecular complexity index is 1010. The molecule has 0 aliphatic carbocycles. The number of nitrogens with zero attached hydrogens (tertiary/aromatic N) is 1. The summed E-state index contributed by atoms with van der Waals surface area (Å²) in [5.74, 6) is -0.652. The SMILES string of the molecule is Cc1ccc(Cc2cc(C(=O)N[C@H]3CNc4ccccc4NC3=O)n[nH]2)cc1. The minimum absolute atomic E-state index is 0.261. The third kappa shape index (κ3) is 3.88. The second-order valence-electron chi connectivity index (χ2n) is 6.88. The van der Waals surface area contributed by atoms with Crippen molar-refractivity contribution in [3.8, 4) is 0 Å². The molecule has 0 bridgehead atoms. The minimum atomic E-state index is -0.697. The monoisotopic (exact) mass is 375 g/mol. The zero-order valence-electron chi connectivity index (χ0n) is 15.5. The van der Waals surface area contributed by atoms with E-state index in [1.165, 1.54) is 5.56 Å². The van der Waals surface area contributed by atoms with Crippen molar-refractivity contribution in [1.82, 2.24) is 15.5 Å². The fourth-order valence-electron chi connectivity index (χ4n) is 3.11. The number of benzene rings is 2. The predicted molar refractivity (Wildman–Crippen MR) is 107 cm³/mol. The average Bonchev–Trinajstić information content (AvgIpc) is 3.10. The molecule has 142 valence electrons. The summed E-state index contributed by atoms with van der Waals surface area (Å²) < 4.78 is 0. The molecule has 2 aromatic carbocycles. The van der Waals surface area contributed by atoms with E-state index in [2.05, 4.69) is 50.4 Å². The van der Waals surface area contributed by atoms with Crippen LogP contribution in [0.5, 0.6) is 0 Å². The molecule has 2 heterocycles. The van der Waals surface area contributed by atoms with Crippen molar-refractivity contribution in [1.29, 1.82) is 0 Å². The van der Waals surface area contributed by atoms with Crippen LogP contribution in [0, 0.1) is 6.92 Å². The second-order valence-corrected chi connectivity index (χ2v) is 6.88. The number of fused-ring (bicyclic) bond motifs is 1. The van der Waals surface area contributed by atoms with Crippen LogP contribution < -0.4 is 16.0 Å². The van der Waals surface area contributed by atoms with E-state index < -0.39 is 6.04 Å². The number of H-pyrrole nitrogens is 1. The van der Waals surface area contributed by atoms with Crippen molar-refractivity contribution < 1.29 is 9.59 Å². The lowest BCUT2D eigenvalue weighted by atomic mass is 10.1. The van der Waals surface area contributed by atoms with Gasteiger partial charge in [-0.2, -0.15) is 5.10 Å². The van der Waals surface area contributed by atoms with E-state index in [1.807, 2.05) is 31.2 Å². The molecule has 0 spiro atoms. The molecular weight excluding hydrogens is 354 g/mol. The molecule has 1 aliphatic rings. The summed E-state index contributed by atoms with van der Waals surface area (Å²) in [6, 6.07) is 16.6. The van der Waals surface area contributed by atoms with E-state index in [4.69, 9.17) is 0 Å². The Hall–Kier alpha value is -3.61. The van der Waals surface area contributed by atoms with Gasteiger partial charge in [-0.1, -0.05) is 42.0 Å². The number of aryl methyl sites for hydroxylation is 1. The van der Waals surface area contributed by atoms with Crippen LogP contribution >= 0.6 is 0 Å². The molecule has 7 heteroatoms. The van der Waals surface area contributed by atoms with E-state index >= 15 is 0 Å². The Kier molecular flexibility index (Phi) is 4.80. The zero-order valence-corrected chi connectivity index (χ0v) is 15.5. The van der Waals surface area contributed by atoms with Crippen molar-refractivity contribution in [3.05, 3.63) is 77.1 Å². The number of carbonyl (C=O) groups is 2. The molecular formula is C21H21N5O2. The number of hydrogen-bond donors (Lipinski definition) is 4. The summed E-state index contributed by atoms with van der Waals surface area (Å²) in [6.07, 6.45) is 0.654. The van der Waals surface area contributed by atoms with Crippen LogP contribution in [0.25, 0.3) is 0 Å². The summed E-state index contributed by atoms with van der Waals surface area (Å²) in [5, 5.41) is 15.7. The van der Waals surface area contributed by atoms with Gasteiger partial charge in [0.25, 0.3) is 5.91 Å². The van der Waals surface area contributed by atoms with E-state index in [0.29, 0.717) is 18.7 Å². The number of hydrogen-bond acceptors (Lipinski definition) is 4. The normalized spacial score (nSPS) is 15.8. The zero-order chi connectivity index (χ0) is 19.5. The van der Waals surface area contributed by atoms with Gasteiger partial charge in [0.05, 0.1) is 11.4 Å². The van der Waals surface area contributed by atoms with Gasteiger partial charge in [-0.25, -0.2) is 0 Å². The number of aromatic nitrogens is 2. The number of carbonyl (C=O) groups excluding carboxylic acids is 2. The third-order valence-electron chi connectivity index (χ3n) is 4.68. The summed E-state index contributed by atoms with van der Waals surface area (Å²) in [6.45, 7) is 2.34. The number of amides is 2. The van der Waals surface area contributed by atoms with Crippen molar-refractivity contribution >= 4 is 23.2 Å². The van der Waals surface area contributed by atoms with E-state index in [9.17, 15) is 9.59 Å². The van der Waals surface area contributed by atoms with Crippen LogP contribution in [-0.2, 0) is 11.2 Å². The summed E-state index contributed by atoms with van der Waals surface area (Å²) in [7, 11) is 0. The number of para-hydroxylation sites is 2. The standard InChI is InChI=1S/C21H21N5O2/c1-13-6-8-14(9-7-13)10-15-11-18(26-25-15)20(27)24-19-12-22-16-4-2-3-5-17(16)23-21(19)28/h2-9,11,19,22H,10,12H2,1H3,(H,23,28)(H,24,27)(H,25,26)/t19-/m0/s1. The number of rotatable bonds is 4. The van der Waals surface area contributed by atoms with Crippen molar-refractivity contribution in [3.63, 3.8) is 0 Å². The van der Waals surface area contributed by atoms with Crippen LogP contribution in [0.15, 0.2) is 54.6 Å². The first-order chi connectivity index (χ1) is 13.6. The summed E-state index contributed by atoms with van der Waals surface area (Å²) in [5.41, 5.74) is 4.95. The van der Waals surface area contributed by atoms with Gasteiger partial charge in [0, 0.05) is 18.7 Å². The molecule has 1 atom stereocenters. The molecule has 4 N–H and O–H groups in total. The third-order valence-corrected chi connectivity index (χ3v) is 4.68. The van der Waals surface area contributed by atoms with Crippen molar-refractivity contribution in [2.45, 2.75) is 19.4 Å². The van der Waals surface area contributed by atoms with Gasteiger partial charge in [-0.3, -0.25) is 14.7 Å². The van der Waals surface area contributed by atoms with Gasteiger partial charge in [0.2, 0.25) is 5.91 Å². The lowest BCUT2D eigenvalue weighted by Crippen LogP contribution is -2.46. The van der Waals surface area contributed by atoms with E-state index in [0.717, 1.165) is 16.9 Å². The first-order valence-electron chi connectivity index (χ1n) is 9.13. The number of aromatic amines is 1. The Morgan fingerprint density at radius 1 is 1.14 bits per heavy atom. The average molecular weight is 375 g/mol. The summed E-state index contributed by atoms with van der Waals surface area (Å²) >= 11 is 0. The molecule has 0 unspecified atom stereocenters. The highest BCUT2D eigenvalue weighted by atomic mass is 16.2. The highest BCUT2D eigenvalue weighted by Crippen LogP contribution is 2.23. The fraction of sp³-hybridized carbons (Fsp3) is 0.190. The molecule has 0 saturated heterocycles. The maximum Gasteiger partial charge on any atom is 0.272 e. The van der Waals surface area contributed by atoms with E-state index in [-0.39, 0.29) is 17.5 Å². The minimum Gasteiger partial charge on any atom is -0.381 e. The molecule has 4 rings (SSSR count). The Labute approximate surface area is 162 Å². The molecule has 1 aliphatic heterocycles. The van der Waals surface area contributed by atoms with Gasteiger partial charge in [-0.15, -0.1) is 0 Å². The van der Waals surface area contributed by atoms with Gasteiger partial charge in [-0.05, 0) is 30.7 Å². The quantitative estimate of drug-likeness (QED) is 0.563. The first kappa shape index (κ1) is 17.8. The van der Waals surface area contributed by atoms with Crippen LogP contribution in [-0.4, -0.2) is 34.6 Å². The van der Waals surface area contributed by atoms with Crippen LogP contribution in [0.2, 0.25) is 0 Å². The molecule has 28 heavy (non-hydrogen) atoms. The Morgan fingerprint density at radius 2 is 1.89 bits per heavy atom. The van der Waals surface area contributed by atoms with E-state index in [1.54, 1.807) is 6.07 Å². The van der Waals surface area contributed by atoms with Crippen molar-refractivity contribution in [2.75, 3.05) is 17.2 Å². The maximum atomic E-state index is 12.6. The highest BCUT2D eigenvalue weighted by molar-refractivity contribution is 6.03. The lowest BCUT2D eigenvalue weighted by Gasteiger charge is -2.14.